The van der Waals surface area contributed by atoms with Gasteiger partial charge < -0.3 is 16.0 Å². The number of hydrogen-bond donors (Lipinski definition) is 3. The molecule has 16 heavy (non-hydrogen) atoms. The number of nitrogens with one attached hydrogen (secondary N) is 3. The SMILES string of the molecule is O=C(Nc1ccccc1Br)C1CNCCN1. The average Bonchev–Trinajstić information content (AvgIpc) is 2.33. The number of benzene rings is 1. The normalized spacial score (nSPS) is 20.4. The molecule has 0 spiro atoms. The zero-order chi connectivity index (χ0) is 11.4. The summed E-state index contributed by atoms with van der Waals surface area (Å²) in [5.74, 6) is -0.000833. The van der Waals surface area contributed by atoms with Gasteiger partial charge in [-0.3, -0.25) is 4.79 Å². The van der Waals surface area contributed by atoms with Crippen molar-refractivity contribution in [2.75, 3.05) is 25.0 Å². The zero-order valence-electron chi connectivity index (χ0n) is 8.79. The first-order valence-electron chi connectivity index (χ1n) is 5.27. The van der Waals surface area contributed by atoms with Gasteiger partial charge in [0.1, 0.15) is 0 Å². The molecule has 86 valence electrons. The van der Waals surface area contributed by atoms with Crippen molar-refractivity contribution in [3.8, 4) is 0 Å². The minimum absolute atomic E-state index is 0.000833. The molecule has 3 N–H and O–H groups in total. The van der Waals surface area contributed by atoms with Gasteiger partial charge in [0.25, 0.3) is 0 Å². The summed E-state index contributed by atoms with van der Waals surface area (Å²) >= 11 is 3.40. The van der Waals surface area contributed by atoms with Gasteiger partial charge in [0, 0.05) is 24.1 Å². The summed E-state index contributed by atoms with van der Waals surface area (Å²) in [4.78, 5) is 11.9. The van der Waals surface area contributed by atoms with E-state index < -0.39 is 0 Å². The lowest BCUT2D eigenvalue weighted by molar-refractivity contribution is -0.118. The summed E-state index contributed by atoms with van der Waals surface area (Å²) < 4.78 is 0.895. The summed E-state index contributed by atoms with van der Waals surface area (Å²) in [6, 6.07) is 7.44. The third-order valence-electron chi connectivity index (χ3n) is 2.49. The number of amides is 1. The number of hydrogen-bond acceptors (Lipinski definition) is 3. The predicted molar refractivity (Wildman–Crippen MR) is 67.4 cm³/mol. The molecule has 1 atom stereocenters. The molecule has 5 heteroatoms. The number of carbonyl (C=O) groups excluding carboxylic acids is 1. The summed E-state index contributed by atoms with van der Waals surface area (Å²) in [5.41, 5.74) is 0.805. The second-order valence-electron chi connectivity index (χ2n) is 3.68. The highest BCUT2D eigenvalue weighted by Crippen LogP contribution is 2.21. The van der Waals surface area contributed by atoms with E-state index in [0.717, 1.165) is 23.2 Å². The van der Waals surface area contributed by atoms with Crippen molar-refractivity contribution in [1.82, 2.24) is 10.6 Å². The number of piperazine rings is 1. The van der Waals surface area contributed by atoms with Gasteiger partial charge in [-0.15, -0.1) is 0 Å². The van der Waals surface area contributed by atoms with E-state index in [1.807, 2.05) is 24.3 Å². The lowest BCUT2D eigenvalue weighted by atomic mass is 10.2. The average molecular weight is 284 g/mol. The van der Waals surface area contributed by atoms with E-state index in [2.05, 4.69) is 31.9 Å². The first-order chi connectivity index (χ1) is 7.77. The predicted octanol–water partition coefficient (Wildman–Crippen LogP) is 0.949. The van der Waals surface area contributed by atoms with E-state index >= 15 is 0 Å². The maximum Gasteiger partial charge on any atom is 0.242 e. The molecule has 4 nitrogen and oxygen atoms in total. The topological polar surface area (TPSA) is 53.2 Å². The third kappa shape index (κ3) is 2.81. The Morgan fingerprint density at radius 3 is 2.88 bits per heavy atom. The van der Waals surface area contributed by atoms with Crippen molar-refractivity contribution in [3.05, 3.63) is 28.7 Å². The lowest BCUT2D eigenvalue weighted by Crippen LogP contribution is -2.54. The smallest absolute Gasteiger partial charge is 0.242 e. The van der Waals surface area contributed by atoms with Crippen molar-refractivity contribution in [2.24, 2.45) is 0 Å². The summed E-state index contributed by atoms with van der Waals surface area (Å²) in [6.45, 7) is 2.42. The maximum atomic E-state index is 11.9. The Labute approximate surface area is 103 Å². The van der Waals surface area contributed by atoms with Crippen LogP contribution < -0.4 is 16.0 Å². The Balaban J connectivity index is 1.99. The summed E-state index contributed by atoms with van der Waals surface area (Å²) in [5, 5.41) is 9.24. The third-order valence-corrected chi connectivity index (χ3v) is 3.18. The molecule has 1 amide bonds. The molecule has 0 radical (unpaired) electrons. The van der Waals surface area contributed by atoms with Crippen LogP contribution in [0.1, 0.15) is 0 Å². The van der Waals surface area contributed by atoms with Crippen LogP contribution in [0.15, 0.2) is 28.7 Å². The van der Waals surface area contributed by atoms with Crippen LogP contribution in [0.25, 0.3) is 0 Å². The standard InChI is InChI=1S/C11H14BrN3O/c12-8-3-1-2-4-9(8)15-11(16)10-7-13-5-6-14-10/h1-4,10,13-14H,5-7H2,(H,15,16). The molecule has 0 aromatic heterocycles. The number of halogens is 1. The molecule has 1 fully saturated rings. The number of anilines is 1. The Bertz CT molecular complexity index is 377. The van der Waals surface area contributed by atoms with Crippen LogP contribution in [-0.2, 0) is 4.79 Å². The van der Waals surface area contributed by atoms with Crippen molar-refractivity contribution < 1.29 is 4.79 Å². The fourth-order valence-electron chi connectivity index (χ4n) is 1.62. The van der Waals surface area contributed by atoms with Crippen LogP contribution in [0.5, 0.6) is 0 Å². The molecule has 1 aromatic rings. The molecule has 0 bridgehead atoms. The summed E-state index contributed by atoms with van der Waals surface area (Å²) in [7, 11) is 0. The minimum atomic E-state index is -0.152. The molecular weight excluding hydrogens is 270 g/mol. The zero-order valence-corrected chi connectivity index (χ0v) is 10.4. The highest BCUT2D eigenvalue weighted by atomic mass is 79.9. The van der Waals surface area contributed by atoms with Crippen LogP contribution in [0.3, 0.4) is 0 Å². The van der Waals surface area contributed by atoms with E-state index in [1.165, 1.54) is 0 Å². The number of para-hydroxylation sites is 1. The van der Waals surface area contributed by atoms with Crippen molar-refractivity contribution in [3.63, 3.8) is 0 Å². The fraction of sp³-hybridized carbons (Fsp3) is 0.364. The monoisotopic (exact) mass is 283 g/mol. The minimum Gasteiger partial charge on any atom is -0.324 e. The quantitative estimate of drug-likeness (QED) is 0.758. The highest BCUT2D eigenvalue weighted by Gasteiger charge is 2.20. The van der Waals surface area contributed by atoms with Crippen molar-refractivity contribution in [1.29, 1.82) is 0 Å². The van der Waals surface area contributed by atoms with Gasteiger partial charge >= 0.3 is 0 Å². The van der Waals surface area contributed by atoms with E-state index in [4.69, 9.17) is 0 Å². The van der Waals surface area contributed by atoms with Gasteiger partial charge in [-0.05, 0) is 28.1 Å². The van der Waals surface area contributed by atoms with Gasteiger partial charge in [-0.1, -0.05) is 12.1 Å². The van der Waals surface area contributed by atoms with Crippen LogP contribution in [0.2, 0.25) is 0 Å². The van der Waals surface area contributed by atoms with Gasteiger partial charge in [0.15, 0.2) is 0 Å². The fourth-order valence-corrected chi connectivity index (χ4v) is 2.01. The Morgan fingerprint density at radius 2 is 2.19 bits per heavy atom. The Hall–Kier alpha value is -0.910. The summed E-state index contributed by atoms with van der Waals surface area (Å²) in [6.07, 6.45) is 0. The molecular formula is C11H14BrN3O. The van der Waals surface area contributed by atoms with Crippen molar-refractivity contribution >= 4 is 27.5 Å². The van der Waals surface area contributed by atoms with Crippen LogP contribution in [0, 0.1) is 0 Å². The van der Waals surface area contributed by atoms with Crippen LogP contribution >= 0.6 is 15.9 Å². The van der Waals surface area contributed by atoms with E-state index in [1.54, 1.807) is 0 Å². The van der Waals surface area contributed by atoms with E-state index in [9.17, 15) is 4.79 Å². The molecule has 1 saturated heterocycles. The highest BCUT2D eigenvalue weighted by molar-refractivity contribution is 9.10. The van der Waals surface area contributed by atoms with Crippen molar-refractivity contribution in [2.45, 2.75) is 6.04 Å². The van der Waals surface area contributed by atoms with Crippen LogP contribution in [0.4, 0.5) is 5.69 Å². The lowest BCUT2D eigenvalue weighted by Gasteiger charge is -2.23. The van der Waals surface area contributed by atoms with Gasteiger partial charge in [0.2, 0.25) is 5.91 Å². The van der Waals surface area contributed by atoms with E-state index in [0.29, 0.717) is 6.54 Å². The molecule has 1 aromatic carbocycles. The molecule has 1 unspecified atom stereocenters. The van der Waals surface area contributed by atoms with Gasteiger partial charge in [-0.2, -0.15) is 0 Å². The van der Waals surface area contributed by atoms with Gasteiger partial charge in [0.05, 0.1) is 11.7 Å². The maximum absolute atomic E-state index is 11.9. The second-order valence-corrected chi connectivity index (χ2v) is 4.53. The number of carbonyl (C=O) groups is 1. The molecule has 1 heterocycles. The Kier molecular flexibility index (Phi) is 3.93. The second kappa shape index (κ2) is 5.43. The molecule has 0 saturated carbocycles. The molecule has 1 aliphatic rings. The van der Waals surface area contributed by atoms with Crippen LogP contribution in [-0.4, -0.2) is 31.6 Å². The number of rotatable bonds is 2. The molecule has 2 rings (SSSR count). The molecule has 1 aliphatic heterocycles. The first-order valence-corrected chi connectivity index (χ1v) is 6.06. The Morgan fingerprint density at radius 1 is 1.38 bits per heavy atom. The van der Waals surface area contributed by atoms with E-state index in [-0.39, 0.29) is 11.9 Å². The molecule has 0 aliphatic carbocycles. The largest absolute Gasteiger partial charge is 0.324 e. The van der Waals surface area contributed by atoms with Gasteiger partial charge in [-0.25, -0.2) is 0 Å². The first kappa shape index (κ1) is 11.6.